The van der Waals surface area contributed by atoms with Crippen LogP contribution in [0, 0.1) is 13.8 Å². The normalized spacial score (nSPS) is 11.8. The van der Waals surface area contributed by atoms with Crippen molar-refractivity contribution >= 4 is 33.1 Å². The summed E-state index contributed by atoms with van der Waals surface area (Å²) in [5.74, 6) is -0.118. The molecule has 2 aromatic heterocycles. The molecule has 0 saturated heterocycles. The Morgan fingerprint density at radius 1 is 1.03 bits per heavy atom. The third kappa shape index (κ3) is 3.93. The molecule has 0 radical (unpaired) electrons. The van der Waals surface area contributed by atoms with Gasteiger partial charge >= 0.3 is 0 Å². The maximum absolute atomic E-state index is 12.6. The number of thiazole rings is 1. The van der Waals surface area contributed by atoms with Crippen LogP contribution in [0.15, 0.2) is 48.5 Å². The molecule has 2 heterocycles. The molecule has 6 heteroatoms. The molecule has 4 rings (SSSR count). The summed E-state index contributed by atoms with van der Waals surface area (Å²) in [5.41, 5.74) is 5.58. The highest BCUT2D eigenvalue weighted by molar-refractivity contribution is 7.20. The van der Waals surface area contributed by atoms with E-state index in [1.165, 1.54) is 5.56 Å². The summed E-state index contributed by atoms with van der Waals surface area (Å²) >= 11 is 1.56. The van der Waals surface area contributed by atoms with Gasteiger partial charge in [0.25, 0.3) is 5.91 Å². The molecule has 4 aromatic rings. The quantitative estimate of drug-likeness (QED) is 0.480. The molecule has 5 nitrogen and oxygen atoms in total. The molecule has 0 aliphatic carbocycles. The highest BCUT2D eigenvalue weighted by Gasteiger charge is 2.15. The molecular weight excluding hydrogens is 380 g/mol. The Morgan fingerprint density at radius 3 is 2.38 bits per heavy atom. The largest absolute Gasteiger partial charge is 0.322 e. The maximum atomic E-state index is 12.6. The second kappa shape index (κ2) is 7.12. The smallest absolute Gasteiger partial charge is 0.255 e. The first kappa shape index (κ1) is 19.3. The summed E-state index contributed by atoms with van der Waals surface area (Å²) in [6.45, 7) is 10.5. The second-order valence-corrected chi connectivity index (χ2v) is 9.31. The Morgan fingerprint density at radius 2 is 1.76 bits per heavy atom. The number of aryl methyl sites for hydroxylation is 2. The number of anilines is 1. The first-order chi connectivity index (χ1) is 13.7. The number of nitrogens with one attached hydrogen (secondary N) is 1. The Kier molecular flexibility index (Phi) is 4.74. The molecule has 29 heavy (non-hydrogen) atoms. The van der Waals surface area contributed by atoms with Gasteiger partial charge in [0.15, 0.2) is 0 Å². The first-order valence-electron chi connectivity index (χ1n) is 9.57. The van der Waals surface area contributed by atoms with E-state index in [9.17, 15) is 4.79 Å². The summed E-state index contributed by atoms with van der Waals surface area (Å²) in [4.78, 5) is 17.3. The fourth-order valence-corrected chi connectivity index (χ4v) is 4.24. The van der Waals surface area contributed by atoms with Crippen molar-refractivity contribution in [2.75, 3.05) is 5.32 Å². The van der Waals surface area contributed by atoms with Crippen molar-refractivity contribution in [2.45, 2.75) is 40.0 Å². The van der Waals surface area contributed by atoms with E-state index < -0.39 is 0 Å². The number of carbonyl (C=O) groups is 1. The third-order valence-electron chi connectivity index (χ3n) is 4.84. The van der Waals surface area contributed by atoms with E-state index in [1.807, 2.05) is 67.1 Å². The van der Waals surface area contributed by atoms with Crippen molar-refractivity contribution in [1.82, 2.24) is 14.8 Å². The molecule has 0 aliphatic heterocycles. The molecule has 1 N–H and O–H groups in total. The Bertz CT molecular complexity index is 1200. The lowest BCUT2D eigenvalue weighted by atomic mass is 9.87. The molecular formula is C23H24N4OS. The lowest BCUT2D eigenvalue weighted by molar-refractivity contribution is 0.102. The van der Waals surface area contributed by atoms with E-state index in [2.05, 4.69) is 36.2 Å². The summed E-state index contributed by atoms with van der Waals surface area (Å²) < 4.78 is 2.86. The summed E-state index contributed by atoms with van der Waals surface area (Å²) in [5, 5.41) is 8.32. The van der Waals surface area contributed by atoms with Crippen molar-refractivity contribution in [3.05, 3.63) is 71.0 Å². The van der Waals surface area contributed by atoms with Crippen molar-refractivity contribution in [3.8, 4) is 5.13 Å². The van der Waals surface area contributed by atoms with Crippen LogP contribution in [0.2, 0.25) is 0 Å². The van der Waals surface area contributed by atoms with E-state index in [0.717, 1.165) is 32.4 Å². The number of nitrogens with zero attached hydrogens (tertiary/aromatic N) is 3. The second-order valence-electron chi connectivity index (χ2n) is 8.30. The van der Waals surface area contributed by atoms with E-state index in [4.69, 9.17) is 0 Å². The molecule has 2 aromatic carbocycles. The highest BCUT2D eigenvalue weighted by atomic mass is 32.1. The molecule has 1 amide bonds. The number of aromatic nitrogens is 3. The summed E-state index contributed by atoms with van der Waals surface area (Å²) in [7, 11) is 0. The van der Waals surface area contributed by atoms with Crippen molar-refractivity contribution in [1.29, 1.82) is 0 Å². The number of carbonyl (C=O) groups excluding carboxylic acids is 1. The van der Waals surface area contributed by atoms with Crippen molar-refractivity contribution < 1.29 is 4.79 Å². The van der Waals surface area contributed by atoms with Crippen LogP contribution in [0.4, 0.5) is 5.69 Å². The molecule has 0 unspecified atom stereocenters. The topological polar surface area (TPSA) is 59.8 Å². The predicted octanol–water partition coefficient (Wildman–Crippen LogP) is 5.65. The molecule has 0 saturated carbocycles. The van der Waals surface area contributed by atoms with Crippen LogP contribution < -0.4 is 5.32 Å². The molecule has 0 fully saturated rings. The third-order valence-corrected chi connectivity index (χ3v) is 5.83. The molecule has 0 atom stereocenters. The molecule has 148 valence electrons. The number of rotatable bonds is 3. The Labute approximate surface area is 174 Å². The van der Waals surface area contributed by atoms with E-state index in [1.54, 1.807) is 11.3 Å². The van der Waals surface area contributed by atoms with Crippen molar-refractivity contribution in [2.24, 2.45) is 0 Å². The fourth-order valence-electron chi connectivity index (χ4n) is 3.23. The zero-order valence-corrected chi connectivity index (χ0v) is 18.1. The van der Waals surface area contributed by atoms with Crippen LogP contribution in [-0.2, 0) is 5.41 Å². The number of fused-ring (bicyclic) bond motifs is 1. The lowest BCUT2D eigenvalue weighted by Gasteiger charge is -2.19. The van der Waals surface area contributed by atoms with Gasteiger partial charge in [-0.3, -0.25) is 4.79 Å². The molecule has 0 bridgehead atoms. The molecule has 0 aliphatic rings. The molecule has 0 spiro atoms. The van der Waals surface area contributed by atoms with E-state index in [0.29, 0.717) is 5.56 Å². The number of hydrogen-bond acceptors (Lipinski definition) is 4. The van der Waals surface area contributed by atoms with Gasteiger partial charge in [-0.25, -0.2) is 9.67 Å². The van der Waals surface area contributed by atoms with Gasteiger partial charge in [-0.05, 0) is 61.2 Å². The number of amides is 1. The standard InChI is InChI=1S/C23H24N4OS/c1-14-12-15(2)27(26-14)22-25-19-11-10-18(13-20(19)29-22)24-21(28)16-6-8-17(9-7-16)23(3,4)5/h6-13H,1-5H3,(H,24,28). The van der Waals surface area contributed by atoms with Gasteiger partial charge in [-0.15, -0.1) is 0 Å². The Hall–Kier alpha value is -2.99. The van der Waals surface area contributed by atoms with Crippen LogP contribution in [-0.4, -0.2) is 20.7 Å². The van der Waals surface area contributed by atoms with E-state index in [-0.39, 0.29) is 11.3 Å². The van der Waals surface area contributed by atoms with Crippen LogP contribution >= 0.6 is 11.3 Å². The Balaban J connectivity index is 1.57. The minimum atomic E-state index is -0.118. The van der Waals surface area contributed by atoms with Crippen LogP contribution in [0.3, 0.4) is 0 Å². The average molecular weight is 405 g/mol. The van der Waals surface area contributed by atoms with Gasteiger partial charge in [-0.1, -0.05) is 44.2 Å². The van der Waals surface area contributed by atoms with Gasteiger partial charge in [0.1, 0.15) is 0 Å². The fraction of sp³-hybridized carbons (Fsp3) is 0.261. The van der Waals surface area contributed by atoms with E-state index >= 15 is 0 Å². The minimum Gasteiger partial charge on any atom is -0.322 e. The van der Waals surface area contributed by atoms with Gasteiger partial charge in [0, 0.05) is 16.9 Å². The van der Waals surface area contributed by atoms with Crippen molar-refractivity contribution in [3.63, 3.8) is 0 Å². The summed E-state index contributed by atoms with van der Waals surface area (Å²) in [6, 6.07) is 15.6. The average Bonchev–Trinajstić information content (AvgIpc) is 3.22. The van der Waals surface area contributed by atoms with Gasteiger partial charge in [-0.2, -0.15) is 5.10 Å². The van der Waals surface area contributed by atoms with Gasteiger partial charge < -0.3 is 5.32 Å². The number of benzene rings is 2. The number of hydrogen-bond donors (Lipinski definition) is 1. The van der Waals surface area contributed by atoms with Crippen LogP contribution in [0.1, 0.15) is 48.1 Å². The van der Waals surface area contributed by atoms with Gasteiger partial charge in [0.05, 0.1) is 15.9 Å². The predicted molar refractivity (Wildman–Crippen MR) is 119 cm³/mol. The minimum absolute atomic E-state index is 0.0649. The monoisotopic (exact) mass is 404 g/mol. The van der Waals surface area contributed by atoms with Crippen LogP contribution in [0.25, 0.3) is 15.3 Å². The lowest BCUT2D eigenvalue weighted by Crippen LogP contribution is -2.14. The first-order valence-corrected chi connectivity index (χ1v) is 10.4. The zero-order chi connectivity index (χ0) is 20.8. The summed E-state index contributed by atoms with van der Waals surface area (Å²) in [6.07, 6.45) is 0. The van der Waals surface area contributed by atoms with Gasteiger partial charge in [0.2, 0.25) is 5.13 Å². The SMILES string of the molecule is Cc1cc(C)n(-c2nc3ccc(NC(=O)c4ccc(C(C)(C)C)cc4)cc3s2)n1. The maximum Gasteiger partial charge on any atom is 0.255 e. The highest BCUT2D eigenvalue weighted by Crippen LogP contribution is 2.28. The zero-order valence-electron chi connectivity index (χ0n) is 17.3. The van der Waals surface area contributed by atoms with Crippen LogP contribution in [0.5, 0.6) is 0 Å².